The van der Waals surface area contributed by atoms with Crippen LogP contribution in [-0.4, -0.2) is 22.3 Å². The van der Waals surface area contributed by atoms with Gasteiger partial charge in [0.25, 0.3) is 6.43 Å². The molecular formula is C5H8F3O4P. The van der Waals surface area contributed by atoms with E-state index in [9.17, 15) is 17.7 Å². The van der Waals surface area contributed by atoms with Gasteiger partial charge in [-0.2, -0.15) is 0 Å². The van der Waals surface area contributed by atoms with Gasteiger partial charge >= 0.3 is 7.82 Å². The Morgan fingerprint density at radius 3 is 2.31 bits per heavy atom. The van der Waals surface area contributed by atoms with Crippen molar-refractivity contribution in [3.05, 3.63) is 11.9 Å². The Morgan fingerprint density at radius 2 is 2.00 bits per heavy atom. The number of hydrogen-bond acceptors (Lipinski definition) is 2. The van der Waals surface area contributed by atoms with E-state index in [1.807, 2.05) is 0 Å². The van der Waals surface area contributed by atoms with Crippen LogP contribution in [0.5, 0.6) is 0 Å². The minimum Gasteiger partial charge on any atom is -0.303 e. The molecule has 0 rings (SSSR count). The summed E-state index contributed by atoms with van der Waals surface area (Å²) in [6.45, 7) is 1.03. The number of phosphoric acid groups is 1. The highest BCUT2D eigenvalue weighted by Crippen LogP contribution is 2.38. The van der Waals surface area contributed by atoms with Crippen LogP contribution in [0.25, 0.3) is 0 Å². The van der Waals surface area contributed by atoms with Gasteiger partial charge in [0.2, 0.25) is 0 Å². The Balaban J connectivity index is 4.23. The fraction of sp³-hybridized carbons (Fsp3) is 0.600. The molecule has 0 aromatic rings. The van der Waals surface area contributed by atoms with Crippen molar-refractivity contribution in [3.8, 4) is 0 Å². The van der Waals surface area contributed by atoms with E-state index in [-0.39, 0.29) is 0 Å². The molecule has 0 heterocycles. The summed E-state index contributed by atoms with van der Waals surface area (Å²) in [5.74, 6) is -1.78. The first-order valence-electron chi connectivity index (χ1n) is 3.11. The summed E-state index contributed by atoms with van der Waals surface area (Å²) in [5, 5.41) is 0. The van der Waals surface area contributed by atoms with Crippen LogP contribution < -0.4 is 0 Å². The second-order valence-corrected chi connectivity index (χ2v) is 3.35. The Morgan fingerprint density at radius 1 is 1.54 bits per heavy atom. The maximum absolute atomic E-state index is 12.1. The van der Waals surface area contributed by atoms with Crippen molar-refractivity contribution in [2.24, 2.45) is 0 Å². The molecular weight excluding hydrogens is 212 g/mol. The quantitative estimate of drug-likeness (QED) is 0.706. The minimum absolute atomic E-state index is 0.295. The zero-order valence-electron chi connectivity index (χ0n) is 6.52. The molecule has 2 N–H and O–H groups in total. The van der Waals surface area contributed by atoms with E-state index >= 15 is 0 Å². The minimum atomic E-state index is -4.76. The number of hydrogen-bond donors (Lipinski definition) is 2. The first-order chi connectivity index (χ1) is 5.72. The van der Waals surface area contributed by atoms with Crippen molar-refractivity contribution >= 4 is 7.82 Å². The van der Waals surface area contributed by atoms with Gasteiger partial charge in [-0.05, 0) is 13.0 Å². The van der Waals surface area contributed by atoms with Gasteiger partial charge < -0.3 is 9.79 Å². The molecule has 0 amide bonds. The number of alkyl halides is 2. The smallest absolute Gasteiger partial charge is 0.303 e. The summed E-state index contributed by atoms with van der Waals surface area (Å²) >= 11 is 0. The van der Waals surface area contributed by atoms with Gasteiger partial charge in [0.05, 0.1) is 6.10 Å². The molecule has 0 spiro atoms. The first-order valence-corrected chi connectivity index (χ1v) is 4.64. The summed E-state index contributed by atoms with van der Waals surface area (Å²) < 4.78 is 49.2. The average Bonchev–Trinajstić information content (AvgIpc) is 1.81. The molecule has 0 aromatic carbocycles. The van der Waals surface area contributed by atoms with Gasteiger partial charge in [-0.25, -0.2) is 17.7 Å². The van der Waals surface area contributed by atoms with Crippen LogP contribution in [0.1, 0.15) is 6.92 Å². The average molecular weight is 220 g/mol. The van der Waals surface area contributed by atoms with Gasteiger partial charge in [0.15, 0.2) is 5.83 Å². The maximum Gasteiger partial charge on any atom is 0.470 e. The highest BCUT2D eigenvalue weighted by molar-refractivity contribution is 7.46. The van der Waals surface area contributed by atoms with Crippen molar-refractivity contribution in [2.45, 2.75) is 19.5 Å². The van der Waals surface area contributed by atoms with Crippen molar-refractivity contribution in [3.63, 3.8) is 0 Å². The normalized spacial score (nSPS) is 16.4. The highest BCUT2D eigenvalue weighted by Gasteiger charge is 2.19. The molecule has 13 heavy (non-hydrogen) atoms. The molecule has 0 radical (unpaired) electrons. The first kappa shape index (κ1) is 12.6. The molecule has 0 saturated carbocycles. The van der Waals surface area contributed by atoms with E-state index in [2.05, 4.69) is 4.52 Å². The number of rotatable bonds is 4. The molecule has 8 heteroatoms. The predicted molar refractivity (Wildman–Crippen MR) is 37.8 cm³/mol. The zero-order chi connectivity index (χ0) is 10.6. The molecule has 1 atom stereocenters. The van der Waals surface area contributed by atoms with E-state index in [1.165, 1.54) is 0 Å². The predicted octanol–water partition coefficient (Wildman–Crippen LogP) is 1.60. The molecule has 0 bridgehead atoms. The van der Waals surface area contributed by atoms with Crippen LogP contribution in [0, 0.1) is 0 Å². The number of allylic oxidation sites excluding steroid dienone is 1. The summed E-state index contributed by atoms with van der Waals surface area (Å²) in [7, 11) is -4.76. The maximum atomic E-state index is 12.1. The van der Waals surface area contributed by atoms with Crippen molar-refractivity contribution < 1.29 is 32.0 Å². The lowest BCUT2D eigenvalue weighted by Crippen LogP contribution is -2.05. The summed E-state index contributed by atoms with van der Waals surface area (Å²) in [6, 6.07) is 0. The van der Waals surface area contributed by atoms with Crippen molar-refractivity contribution in [2.75, 3.05) is 0 Å². The van der Waals surface area contributed by atoms with Crippen molar-refractivity contribution in [1.29, 1.82) is 0 Å². The van der Waals surface area contributed by atoms with Crippen LogP contribution in [-0.2, 0) is 9.09 Å². The monoisotopic (exact) mass is 220 g/mol. The van der Waals surface area contributed by atoms with Gasteiger partial charge in [0, 0.05) is 0 Å². The summed E-state index contributed by atoms with van der Waals surface area (Å²) in [5.41, 5.74) is 0. The van der Waals surface area contributed by atoms with E-state index in [0.29, 0.717) is 6.08 Å². The molecule has 1 unspecified atom stereocenters. The Kier molecular flexibility index (Phi) is 4.63. The fourth-order valence-electron chi connectivity index (χ4n) is 0.544. The lowest BCUT2D eigenvalue weighted by molar-refractivity contribution is 0.145. The third-order valence-electron chi connectivity index (χ3n) is 0.906. The summed E-state index contributed by atoms with van der Waals surface area (Å²) in [4.78, 5) is 16.4. The van der Waals surface area contributed by atoms with Crippen LogP contribution >= 0.6 is 7.82 Å². The van der Waals surface area contributed by atoms with Crippen LogP contribution in [0.3, 0.4) is 0 Å². The lowest BCUT2D eigenvalue weighted by Gasteiger charge is -2.09. The van der Waals surface area contributed by atoms with E-state index < -0.39 is 26.2 Å². The van der Waals surface area contributed by atoms with Crippen LogP contribution in [0.15, 0.2) is 11.9 Å². The second-order valence-electron chi connectivity index (χ2n) is 2.15. The van der Waals surface area contributed by atoms with Gasteiger partial charge in [-0.15, -0.1) is 0 Å². The molecule has 0 saturated heterocycles. The Labute approximate surface area is 72.3 Å². The Hall–Kier alpha value is -0.360. The molecule has 0 fully saturated rings. The van der Waals surface area contributed by atoms with Gasteiger partial charge in [-0.3, -0.25) is 4.52 Å². The van der Waals surface area contributed by atoms with Crippen LogP contribution in [0.4, 0.5) is 13.2 Å². The van der Waals surface area contributed by atoms with Crippen molar-refractivity contribution in [1.82, 2.24) is 0 Å². The van der Waals surface area contributed by atoms with E-state index in [4.69, 9.17) is 9.79 Å². The number of halogens is 3. The zero-order valence-corrected chi connectivity index (χ0v) is 7.42. The molecule has 0 aliphatic heterocycles. The largest absolute Gasteiger partial charge is 0.470 e. The lowest BCUT2D eigenvalue weighted by atomic mass is 10.3. The standard InChI is InChI=1S/C5H8F3O4P/c1-3(12-13(9,10)11)2-4(6)5(7)8/h2-3,5H,1H3,(H2,9,10,11). The Bertz CT molecular complexity index is 236. The fourth-order valence-corrected chi connectivity index (χ4v) is 1.04. The molecule has 0 aliphatic carbocycles. The molecule has 78 valence electrons. The van der Waals surface area contributed by atoms with Crippen LogP contribution in [0.2, 0.25) is 0 Å². The summed E-state index contributed by atoms with van der Waals surface area (Å²) in [6.07, 6.45) is -4.42. The highest BCUT2D eigenvalue weighted by atomic mass is 31.2. The SMILES string of the molecule is CC(C=C(F)C(F)F)OP(=O)(O)O. The topological polar surface area (TPSA) is 66.8 Å². The van der Waals surface area contributed by atoms with Gasteiger partial charge in [-0.1, -0.05) is 0 Å². The molecule has 0 aromatic heterocycles. The van der Waals surface area contributed by atoms with E-state index in [0.717, 1.165) is 6.92 Å². The molecule has 4 nitrogen and oxygen atoms in total. The van der Waals surface area contributed by atoms with Gasteiger partial charge in [0.1, 0.15) is 0 Å². The third kappa shape index (κ3) is 6.77. The number of phosphoric ester groups is 1. The van der Waals surface area contributed by atoms with E-state index in [1.54, 1.807) is 0 Å². The second kappa shape index (κ2) is 4.76. The molecule has 0 aliphatic rings. The third-order valence-corrected chi connectivity index (χ3v) is 1.51.